The normalized spacial score (nSPS) is 11.2. The van der Waals surface area contributed by atoms with E-state index in [9.17, 15) is 0 Å². The Morgan fingerprint density at radius 1 is 0.412 bits per heavy atom. The first-order valence-corrected chi connectivity index (χ1v) is 18.0. The van der Waals surface area contributed by atoms with Crippen LogP contribution in [0.4, 0.5) is 0 Å². The molecule has 2 aromatic heterocycles. The van der Waals surface area contributed by atoms with Gasteiger partial charge in [0.2, 0.25) is 0 Å². The van der Waals surface area contributed by atoms with Crippen LogP contribution in [0, 0.1) is 0 Å². The minimum atomic E-state index is 1.13. The second-order valence-electron chi connectivity index (χ2n) is 8.80. The van der Waals surface area contributed by atoms with Gasteiger partial charge in [0.25, 0.3) is 0 Å². The van der Waals surface area contributed by atoms with Crippen LogP contribution in [0.5, 0.6) is 0 Å². The number of hydrogen-bond acceptors (Lipinski definition) is 6. The monoisotopic (exact) mass is 536 g/mol. The van der Waals surface area contributed by atoms with Gasteiger partial charge in [-0.2, -0.15) is 0 Å². The van der Waals surface area contributed by atoms with Crippen molar-refractivity contribution in [2.24, 2.45) is 0 Å². The van der Waals surface area contributed by atoms with Gasteiger partial charge in [-0.3, -0.25) is 0 Å². The maximum atomic E-state index is 4.35. The van der Waals surface area contributed by atoms with Crippen LogP contribution in [-0.2, 0) is 0 Å². The van der Waals surface area contributed by atoms with Gasteiger partial charge >= 0.3 is 0 Å². The summed E-state index contributed by atoms with van der Waals surface area (Å²) in [6.07, 6.45) is 26.5. The zero-order chi connectivity index (χ0) is 23.8. The predicted octanol–water partition coefficient (Wildman–Crippen LogP) is 10.9. The van der Waals surface area contributed by atoms with Crippen molar-refractivity contribution in [2.75, 3.05) is 11.5 Å². The smallest absolute Gasteiger partial charge is 0.106 e. The lowest BCUT2D eigenvalue weighted by Crippen LogP contribution is -1.85. The largest absolute Gasteiger partial charge is 0.249 e. The van der Waals surface area contributed by atoms with Crippen LogP contribution in [0.25, 0.3) is 0 Å². The van der Waals surface area contributed by atoms with Gasteiger partial charge in [0, 0.05) is 23.9 Å². The third kappa shape index (κ3) is 18.0. The van der Waals surface area contributed by atoms with E-state index in [0.29, 0.717) is 0 Å². The highest BCUT2D eigenvalue weighted by atomic mass is 33.1. The fourth-order valence-corrected chi connectivity index (χ4v) is 7.84. The van der Waals surface area contributed by atoms with Crippen LogP contribution in [0.15, 0.2) is 58.8 Å². The quantitative estimate of drug-likeness (QED) is 0.103. The zero-order valence-electron chi connectivity index (χ0n) is 20.9. The van der Waals surface area contributed by atoms with E-state index in [0.717, 1.165) is 10.1 Å². The number of unbranched alkanes of at least 4 members (excludes halogenated alkanes) is 15. The van der Waals surface area contributed by atoms with Crippen molar-refractivity contribution >= 4 is 43.2 Å². The number of hydrogen-bond donors (Lipinski definition) is 0. The molecule has 6 heteroatoms. The molecular formula is C28H44N2S4. The molecule has 0 saturated carbocycles. The second kappa shape index (κ2) is 23.1. The molecule has 2 rings (SSSR count). The molecule has 0 unspecified atom stereocenters. The van der Waals surface area contributed by atoms with Crippen molar-refractivity contribution in [1.29, 1.82) is 0 Å². The Labute approximate surface area is 225 Å². The molecule has 0 aliphatic rings. The second-order valence-corrected chi connectivity index (χ2v) is 13.7. The summed E-state index contributed by atoms with van der Waals surface area (Å²) in [5.41, 5.74) is 0. The first-order chi connectivity index (χ1) is 16.9. The number of pyridine rings is 2. The molecule has 0 saturated heterocycles. The van der Waals surface area contributed by atoms with E-state index in [4.69, 9.17) is 0 Å². The molecule has 2 heterocycles. The standard InChI is InChI=1S/C28H44N2S4/c1(3-5-7-9-11-13-19-25-31-33-27-21-15-17-23-29-27)2-4-6-8-10-12-14-20-26-32-34-28-22-16-18-24-30-28/h15-18,21-24H,1-14,19-20,25-26H2. The SMILES string of the molecule is c1ccc(SSCCCCCCCCCCCCCCCCCCSSc2ccccn2)nc1. The molecule has 0 atom stereocenters. The van der Waals surface area contributed by atoms with Gasteiger partial charge in [-0.25, -0.2) is 9.97 Å². The summed E-state index contributed by atoms with van der Waals surface area (Å²) >= 11 is 0. The Morgan fingerprint density at radius 3 is 1.03 bits per heavy atom. The van der Waals surface area contributed by atoms with Gasteiger partial charge in [0.05, 0.1) is 0 Å². The van der Waals surface area contributed by atoms with Crippen LogP contribution < -0.4 is 0 Å². The summed E-state index contributed by atoms with van der Waals surface area (Å²) in [4.78, 5) is 8.70. The lowest BCUT2D eigenvalue weighted by Gasteiger charge is -2.04. The molecule has 2 nitrogen and oxygen atoms in total. The molecule has 0 aromatic carbocycles. The Kier molecular flexibility index (Phi) is 20.4. The third-order valence-corrected chi connectivity index (χ3v) is 10.5. The molecule has 0 aliphatic carbocycles. The van der Waals surface area contributed by atoms with Crippen molar-refractivity contribution in [1.82, 2.24) is 9.97 Å². The highest BCUT2D eigenvalue weighted by Crippen LogP contribution is 2.30. The van der Waals surface area contributed by atoms with Gasteiger partial charge in [-0.1, -0.05) is 124 Å². The van der Waals surface area contributed by atoms with Gasteiger partial charge < -0.3 is 0 Å². The Bertz CT molecular complexity index is 613. The summed E-state index contributed by atoms with van der Waals surface area (Å²) < 4.78 is 0. The van der Waals surface area contributed by atoms with Crippen molar-refractivity contribution in [2.45, 2.75) is 113 Å². The molecular weight excluding hydrogens is 493 g/mol. The summed E-state index contributed by atoms with van der Waals surface area (Å²) in [7, 11) is 7.51. The van der Waals surface area contributed by atoms with Gasteiger partial charge in [0.15, 0.2) is 0 Å². The highest BCUT2D eigenvalue weighted by molar-refractivity contribution is 8.77. The minimum absolute atomic E-state index is 1.13. The zero-order valence-corrected chi connectivity index (χ0v) is 24.1. The van der Waals surface area contributed by atoms with E-state index in [-0.39, 0.29) is 0 Å². The Hall–Kier alpha value is -0.300. The summed E-state index contributed by atoms with van der Waals surface area (Å²) in [6.45, 7) is 0. The van der Waals surface area contributed by atoms with Gasteiger partial charge in [0.1, 0.15) is 10.1 Å². The molecule has 0 amide bonds. The van der Waals surface area contributed by atoms with Gasteiger partial charge in [-0.05, 0) is 58.7 Å². The van der Waals surface area contributed by atoms with E-state index in [2.05, 4.69) is 34.2 Å². The van der Waals surface area contributed by atoms with Crippen molar-refractivity contribution in [3.63, 3.8) is 0 Å². The Morgan fingerprint density at radius 2 is 0.735 bits per heavy atom. The van der Waals surface area contributed by atoms with E-state index < -0.39 is 0 Å². The highest BCUT2D eigenvalue weighted by Gasteiger charge is 1.98. The van der Waals surface area contributed by atoms with Crippen LogP contribution in [-0.4, -0.2) is 21.5 Å². The molecule has 0 spiro atoms. The third-order valence-electron chi connectivity index (χ3n) is 5.77. The molecule has 2 aromatic rings. The van der Waals surface area contributed by atoms with E-state index in [1.54, 1.807) is 0 Å². The van der Waals surface area contributed by atoms with E-state index >= 15 is 0 Å². The van der Waals surface area contributed by atoms with E-state index in [1.807, 2.05) is 67.7 Å². The van der Waals surface area contributed by atoms with E-state index in [1.165, 1.54) is 114 Å². The first kappa shape index (κ1) is 29.9. The molecule has 0 aliphatic heterocycles. The molecule has 34 heavy (non-hydrogen) atoms. The summed E-state index contributed by atoms with van der Waals surface area (Å²) in [5.74, 6) is 2.48. The van der Waals surface area contributed by atoms with Crippen LogP contribution in [0.2, 0.25) is 0 Å². The van der Waals surface area contributed by atoms with Crippen LogP contribution >= 0.6 is 43.2 Å². The topological polar surface area (TPSA) is 25.8 Å². The predicted molar refractivity (Wildman–Crippen MR) is 159 cm³/mol. The Balaban J connectivity index is 1.19. The number of nitrogens with zero attached hydrogens (tertiary/aromatic N) is 2. The maximum absolute atomic E-state index is 4.35. The van der Waals surface area contributed by atoms with Gasteiger partial charge in [-0.15, -0.1) is 0 Å². The summed E-state index contributed by atoms with van der Waals surface area (Å²) in [5, 5.41) is 2.26. The van der Waals surface area contributed by atoms with Crippen molar-refractivity contribution in [3.8, 4) is 0 Å². The molecule has 0 fully saturated rings. The number of rotatable bonds is 23. The fraction of sp³-hybridized carbons (Fsp3) is 0.643. The first-order valence-electron chi connectivity index (χ1n) is 13.4. The molecule has 0 radical (unpaired) electrons. The molecule has 190 valence electrons. The van der Waals surface area contributed by atoms with Crippen LogP contribution in [0.1, 0.15) is 103 Å². The lowest BCUT2D eigenvalue weighted by atomic mass is 10.0. The van der Waals surface area contributed by atoms with Crippen molar-refractivity contribution < 1.29 is 0 Å². The summed E-state index contributed by atoms with van der Waals surface area (Å²) in [6, 6.07) is 12.3. The minimum Gasteiger partial charge on any atom is -0.249 e. The number of aromatic nitrogens is 2. The van der Waals surface area contributed by atoms with Crippen LogP contribution in [0.3, 0.4) is 0 Å². The lowest BCUT2D eigenvalue weighted by molar-refractivity contribution is 0.532. The fourth-order valence-electron chi connectivity index (χ4n) is 3.79. The van der Waals surface area contributed by atoms with Crippen molar-refractivity contribution in [3.05, 3.63) is 48.8 Å². The molecule has 0 N–H and O–H groups in total. The average molecular weight is 537 g/mol. The average Bonchev–Trinajstić information content (AvgIpc) is 2.88. The molecule has 0 bridgehead atoms. The maximum Gasteiger partial charge on any atom is 0.106 e.